The monoisotopic (exact) mass is 401 g/mol. The predicted octanol–water partition coefficient (Wildman–Crippen LogP) is 4.69. The summed E-state index contributed by atoms with van der Waals surface area (Å²) in [4.78, 5) is 23.7. The topological polar surface area (TPSA) is 55.4 Å². The molecule has 1 N–H and O–H groups in total. The normalized spacial score (nSPS) is 11.5. The molecule has 1 atom stereocenters. The number of carbonyl (C=O) groups excluding carboxylic acids is 2. The Kier molecular flexibility index (Phi) is 7.78. The summed E-state index contributed by atoms with van der Waals surface area (Å²) in [6.45, 7) is 1.54. The van der Waals surface area contributed by atoms with E-state index < -0.39 is 0 Å². The van der Waals surface area contributed by atoms with Gasteiger partial charge < -0.3 is 14.8 Å². The van der Waals surface area contributed by atoms with E-state index in [1.54, 1.807) is 6.92 Å². The maximum atomic E-state index is 12.6. The largest absolute Gasteiger partial charge is 0.484 e. The summed E-state index contributed by atoms with van der Waals surface area (Å²) in [5, 5.41) is 3.09. The molecule has 4 heteroatoms. The van der Waals surface area contributed by atoms with Crippen molar-refractivity contribution in [2.45, 2.75) is 32.2 Å². The number of carbonyl (C=O) groups is 2. The van der Waals surface area contributed by atoms with Gasteiger partial charge in [0.05, 0.1) is 6.04 Å². The lowest BCUT2D eigenvalue weighted by Crippen LogP contribution is -2.33. The van der Waals surface area contributed by atoms with Crippen LogP contribution in [0.25, 0.3) is 0 Å². The van der Waals surface area contributed by atoms with Gasteiger partial charge in [0.1, 0.15) is 11.5 Å². The van der Waals surface area contributed by atoms with Crippen LogP contribution in [0, 0.1) is 0 Å². The van der Waals surface area contributed by atoms with Gasteiger partial charge in [0.15, 0.2) is 6.61 Å². The molecule has 1 unspecified atom stereocenters. The molecule has 3 aromatic carbocycles. The molecule has 0 aromatic heterocycles. The van der Waals surface area contributed by atoms with Crippen LogP contribution in [-0.2, 0) is 22.4 Å². The van der Waals surface area contributed by atoms with Crippen LogP contribution < -0.4 is 10.1 Å². The van der Waals surface area contributed by atoms with Gasteiger partial charge in [-0.1, -0.05) is 72.8 Å². The Balaban J connectivity index is 1.57. The summed E-state index contributed by atoms with van der Waals surface area (Å²) in [5.41, 5.74) is 3.30. The molecule has 0 radical (unpaired) electrons. The van der Waals surface area contributed by atoms with Crippen LogP contribution in [0.5, 0.6) is 5.75 Å². The highest BCUT2D eigenvalue weighted by atomic mass is 16.5. The maximum Gasteiger partial charge on any atom is 0.258 e. The van der Waals surface area contributed by atoms with E-state index in [4.69, 9.17) is 4.74 Å². The fourth-order valence-electron chi connectivity index (χ4n) is 3.24. The summed E-state index contributed by atoms with van der Waals surface area (Å²) in [5.74, 6) is 0.645. The molecule has 0 heterocycles. The Morgan fingerprint density at radius 2 is 1.47 bits per heavy atom. The Morgan fingerprint density at radius 3 is 2.10 bits per heavy atom. The first-order valence-corrected chi connectivity index (χ1v) is 10.2. The zero-order valence-corrected chi connectivity index (χ0v) is 17.2. The van der Waals surface area contributed by atoms with Gasteiger partial charge in [-0.2, -0.15) is 0 Å². The van der Waals surface area contributed by atoms with Crippen molar-refractivity contribution < 1.29 is 14.3 Å². The van der Waals surface area contributed by atoms with E-state index in [9.17, 15) is 9.59 Å². The molecule has 0 fully saturated rings. The zero-order chi connectivity index (χ0) is 21.2. The lowest BCUT2D eigenvalue weighted by atomic mass is 9.99. The van der Waals surface area contributed by atoms with Gasteiger partial charge in [-0.3, -0.25) is 4.79 Å². The molecule has 4 nitrogen and oxygen atoms in total. The van der Waals surface area contributed by atoms with Gasteiger partial charge in [-0.05, 0) is 48.6 Å². The smallest absolute Gasteiger partial charge is 0.258 e. The third-order valence-corrected chi connectivity index (χ3v) is 4.88. The van der Waals surface area contributed by atoms with E-state index >= 15 is 0 Å². The highest BCUT2D eigenvalue weighted by molar-refractivity contribution is 5.78. The molecule has 3 aromatic rings. The highest BCUT2D eigenvalue weighted by Crippen LogP contribution is 2.19. The number of nitrogens with one attached hydrogen (secondary N) is 1. The van der Waals surface area contributed by atoms with Gasteiger partial charge in [-0.15, -0.1) is 0 Å². The molecule has 0 aliphatic rings. The summed E-state index contributed by atoms with van der Waals surface area (Å²) in [7, 11) is 0. The number of ketones is 1. The molecular weight excluding hydrogens is 374 g/mol. The van der Waals surface area contributed by atoms with Crippen LogP contribution in [0.4, 0.5) is 0 Å². The van der Waals surface area contributed by atoms with Crippen LogP contribution in [0.1, 0.15) is 36.1 Å². The second-order valence-electron chi connectivity index (χ2n) is 7.36. The van der Waals surface area contributed by atoms with E-state index in [-0.39, 0.29) is 24.3 Å². The Labute approximate surface area is 177 Å². The molecule has 3 rings (SSSR count). The van der Waals surface area contributed by atoms with Crippen LogP contribution in [0.15, 0.2) is 84.9 Å². The van der Waals surface area contributed by atoms with Crippen LogP contribution in [0.2, 0.25) is 0 Å². The number of ether oxygens (including phenoxy) is 1. The lowest BCUT2D eigenvalue weighted by Gasteiger charge is -2.20. The van der Waals surface area contributed by atoms with Crippen LogP contribution >= 0.6 is 0 Å². The molecule has 1 amide bonds. The number of amides is 1. The molecule has 0 aliphatic heterocycles. The lowest BCUT2D eigenvalue weighted by molar-refractivity contribution is -0.123. The number of hydrogen-bond acceptors (Lipinski definition) is 3. The minimum Gasteiger partial charge on any atom is -0.484 e. The Bertz CT molecular complexity index is 937. The van der Waals surface area contributed by atoms with Crippen molar-refractivity contribution in [3.63, 3.8) is 0 Å². The Hall–Kier alpha value is -3.40. The molecule has 0 aliphatic carbocycles. The fourth-order valence-corrected chi connectivity index (χ4v) is 3.24. The van der Waals surface area contributed by atoms with Crippen molar-refractivity contribution in [3.05, 3.63) is 102 Å². The number of rotatable bonds is 10. The predicted molar refractivity (Wildman–Crippen MR) is 118 cm³/mol. The van der Waals surface area contributed by atoms with Gasteiger partial charge in [-0.25, -0.2) is 0 Å². The van der Waals surface area contributed by atoms with E-state index in [0.717, 1.165) is 16.7 Å². The van der Waals surface area contributed by atoms with E-state index in [2.05, 4.69) is 17.4 Å². The molecular formula is C26H27NO3. The second-order valence-corrected chi connectivity index (χ2v) is 7.36. The third kappa shape index (κ3) is 6.89. The molecule has 0 spiro atoms. The van der Waals surface area contributed by atoms with Gasteiger partial charge in [0.2, 0.25) is 0 Å². The summed E-state index contributed by atoms with van der Waals surface area (Å²) in [6.07, 6.45) is 1.96. The van der Waals surface area contributed by atoms with Crippen molar-refractivity contribution in [2.24, 2.45) is 0 Å². The second kappa shape index (κ2) is 11.0. The average molecular weight is 402 g/mol. The van der Waals surface area contributed by atoms with Gasteiger partial charge in [0.25, 0.3) is 5.91 Å². The summed E-state index contributed by atoms with van der Waals surface area (Å²) >= 11 is 0. The zero-order valence-electron chi connectivity index (χ0n) is 17.2. The quantitative estimate of drug-likeness (QED) is 0.536. The number of benzene rings is 3. The fraction of sp³-hybridized carbons (Fsp3) is 0.231. The third-order valence-electron chi connectivity index (χ3n) is 4.88. The van der Waals surface area contributed by atoms with Crippen LogP contribution in [-0.4, -0.2) is 18.3 Å². The maximum absolute atomic E-state index is 12.6. The summed E-state index contributed by atoms with van der Waals surface area (Å²) in [6, 6.07) is 27.5. The van der Waals surface area contributed by atoms with Crippen molar-refractivity contribution in [1.82, 2.24) is 5.32 Å². The molecule has 0 bridgehead atoms. The van der Waals surface area contributed by atoms with E-state index in [0.29, 0.717) is 25.0 Å². The first kappa shape index (κ1) is 21.3. The van der Waals surface area contributed by atoms with Crippen molar-refractivity contribution in [2.75, 3.05) is 6.61 Å². The van der Waals surface area contributed by atoms with Crippen molar-refractivity contribution in [3.8, 4) is 5.75 Å². The molecule has 0 saturated carbocycles. The molecule has 30 heavy (non-hydrogen) atoms. The highest BCUT2D eigenvalue weighted by Gasteiger charge is 2.15. The van der Waals surface area contributed by atoms with Crippen molar-refractivity contribution in [1.29, 1.82) is 0 Å². The van der Waals surface area contributed by atoms with Crippen LogP contribution in [0.3, 0.4) is 0 Å². The minimum atomic E-state index is -0.166. The van der Waals surface area contributed by atoms with E-state index in [1.807, 2.05) is 72.8 Å². The average Bonchev–Trinajstić information content (AvgIpc) is 2.78. The number of Topliss-reactive ketones (excluding diaryl/α,β-unsaturated/α-hetero) is 1. The summed E-state index contributed by atoms with van der Waals surface area (Å²) < 4.78 is 5.66. The van der Waals surface area contributed by atoms with Crippen molar-refractivity contribution >= 4 is 11.7 Å². The van der Waals surface area contributed by atoms with Gasteiger partial charge in [0, 0.05) is 6.42 Å². The number of aryl methyl sites for hydroxylation is 1. The minimum absolute atomic E-state index is 0.0507. The van der Waals surface area contributed by atoms with Gasteiger partial charge >= 0.3 is 0 Å². The number of hydrogen-bond donors (Lipinski definition) is 1. The molecule has 0 saturated heterocycles. The molecule has 154 valence electrons. The Morgan fingerprint density at radius 1 is 0.833 bits per heavy atom. The first-order valence-electron chi connectivity index (χ1n) is 10.2. The van der Waals surface area contributed by atoms with E-state index in [1.165, 1.54) is 0 Å². The SMILES string of the molecule is CC(=O)CCc1ccc(OCC(=O)NC(Cc2ccccc2)c2ccccc2)cc1. The standard InChI is InChI=1S/C26H27NO3/c1-20(28)12-13-21-14-16-24(17-15-21)30-19-26(29)27-25(23-10-6-3-7-11-23)18-22-8-4-2-5-9-22/h2-11,14-17,25H,12-13,18-19H2,1H3,(H,27,29). The first-order chi connectivity index (χ1) is 14.6.